The van der Waals surface area contributed by atoms with Gasteiger partial charge in [0.15, 0.2) is 4.60 Å². The van der Waals surface area contributed by atoms with Crippen LogP contribution >= 0.6 is 15.9 Å². The van der Waals surface area contributed by atoms with E-state index < -0.39 is 13.0 Å². The highest BCUT2D eigenvalue weighted by Gasteiger charge is 2.16. The number of aromatic nitrogens is 3. The van der Waals surface area contributed by atoms with Crippen molar-refractivity contribution in [3.8, 4) is 0 Å². The first-order chi connectivity index (χ1) is 7.52. The molecule has 1 aromatic heterocycles. The van der Waals surface area contributed by atoms with Gasteiger partial charge < -0.3 is 10.5 Å². The fraction of sp³-hybridized carbons (Fsp3) is 0.750. The summed E-state index contributed by atoms with van der Waals surface area (Å²) >= 11 is 3.21. The van der Waals surface area contributed by atoms with Crippen molar-refractivity contribution in [3.05, 3.63) is 10.3 Å². The lowest BCUT2D eigenvalue weighted by molar-refractivity contribution is 0.0150. The van der Waals surface area contributed by atoms with Crippen LogP contribution in [-0.4, -0.2) is 34.6 Å². The largest absolute Gasteiger partial charge is 0.375 e. The van der Waals surface area contributed by atoms with E-state index in [0.717, 1.165) is 5.69 Å². The molecule has 92 valence electrons. The molecule has 0 amide bonds. The Labute approximate surface area is 100 Å². The molecule has 0 radical (unpaired) electrons. The molecule has 5 nitrogen and oxygen atoms in total. The Kier molecular flexibility index (Phi) is 5.23. The molecular formula is C8H13BrF2N4O. The minimum atomic E-state index is -2.44. The van der Waals surface area contributed by atoms with E-state index in [0.29, 0.717) is 11.0 Å². The minimum absolute atomic E-state index is 0.184. The number of halogens is 3. The number of hydrogen-bond donors (Lipinski definition) is 1. The first-order valence-electron chi connectivity index (χ1n) is 4.69. The van der Waals surface area contributed by atoms with Crippen LogP contribution in [0.5, 0.6) is 0 Å². The second-order valence-corrected chi connectivity index (χ2v) is 4.00. The molecule has 0 aliphatic heterocycles. The standard InChI is InChI=1S/C8H13BrF2N4O/c1-15-7(8(9)13-14-15)5(12)2-3-16-4-6(10)11/h5-6H,2-4,12H2,1H3. The van der Waals surface area contributed by atoms with Gasteiger partial charge in [0.2, 0.25) is 0 Å². The Balaban J connectivity index is 2.38. The number of nitrogens with two attached hydrogens (primary N) is 1. The molecule has 8 heteroatoms. The summed E-state index contributed by atoms with van der Waals surface area (Å²) in [6.07, 6.45) is -2.01. The maximum Gasteiger partial charge on any atom is 0.261 e. The van der Waals surface area contributed by atoms with Gasteiger partial charge in [-0.1, -0.05) is 5.21 Å². The summed E-state index contributed by atoms with van der Waals surface area (Å²) in [5.74, 6) is 0. The number of nitrogens with zero attached hydrogens (tertiary/aromatic N) is 3. The average molecular weight is 299 g/mol. The molecule has 1 rings (SSSR count). The van der Waals surface area contributed by atoms with Crippen molar-refractivity contribution in [3.63, 3.8) is 0 Å². The third kappa shape index (κ3) is 3.76. The quantitative estimate of drug-likeness (QED) is 0.803. The lowest BCUT2D eigenvalue weighted by Crippen LogP contribution is -2.18. The van der Waals surface area contributed by atoms with Crippen molar-refractivity contribution >= 4 is 15.9 Å². The van der Waals surface area contributed by atoms with E-state index in [9.17, 15) is 8.78 Å². The lowest BCUT2D eigenvalue weighted by atomic mass is 10.2. The zero-order valence-corrected chi connectivity index (χ0v) is 10.3. The van der Waals surface area contributed by atoms with Gasteiger partial charge >= 0.3 is 0 Å². The van der Waals surface area contributed by atoms with E-state index >= 15 is 0 Å². The zero-order chi connectivity index (χ0) is 12.1. The smallest absolute Gasteiger partial charge is 0.261 e. The van der Waals surface area contributed by atoms with E-state index in [2.05, 4.69) is 26.2 Å². The fourth-order valence-electron chi connectivity index (χ4n) is 1.25. The predicted molar refractivity (Wildman–Crippen MR) is 57.1 cm³/mol. The Bertz CT molecular complexity index is 314. The molecule has 0 fully saturated rings. The van der Waals surface area contributed by atoms with Crippen LogP contribution in [-0.2, 0) is 11.8 Å². The van der Waals surface area contributed by atoms with Crippen molar-refractivity contribution in [1.29, 1.82) is 0 Å². The van der Waals surface area contributed by atoms with Crippen LogP contribution < -0.4 is 5.73 Å². The molecule has 0 aliphatic carbocycles. The van der Waals surface area contributed by atoms with Gasteiger partial charge in [0.25, 0.3) is 6.43 Å². The van der Waals surface area contributed by atoms with Crippen LogP contribution in [0, 0.1) is 0 Å². The molecule has 1 atom stereocenters. The summed E-state index contributed by atoms with van der Waals surface area (Å²) in [4.78, 5) is 0. The molecular weight excluding hydrogens is 286 g/mol. The van der Waals surface area contributed by atoms with Crippen LogP contribution in [0.15, 0.2) is 4.60 Å². The molecule has 0 aliphatic rings. The van der Waals surface area contributed by atoms with Crippen LogP contribution in [0.25, 0.3) is 0 Å². The van der Waals surface area contributed by atoms with Crippen molar-refractivity contribution in [2.24, 2.45) is 12.8 Å². The van der Waals surface area contributed by atoms with Crippen LogP contribution in [0.4, 0.5) is 8.78 Å². The number of hydrogen-bond acceptors (Lipinski definition) is 4. The monoisotopic (exact) mass is 298 g/mol. The van der Waals surface area contributed by atoms with Crippen LogP contribution in [0.3, 0.4) is 0 Å². The summed E-state index contributed by atoms with van der Waals surface area (Å²) < 4.78 is 30.4. The topological polar surface area (TPSA) is 66.0 Å². The Morgan fingerprint density at radius 2 is 2.25 bits per heavy atom. The Morgan fingerprint density at radius 1 is 1.56 bits per heavy atom. The highest BCUT2D eigenvalue weighted by Crippen LogP contribution is 2.20. The van der Waals surface area contributed by atoms with Crippen LogP contribution in [0.2, 0.25) is 0 Å². The van der Waals surface area contributed by atoms with Crippen molar-refractivity contribution < 1.29 is 13.5 Å². The molecule has 0 aromatic carbocycles. The van der Waals surface area contributed by atoms with Crippen LogP contribution in [0.1, 0.15) is 18.2 Å². The molecule has 0 spiro atoms. The maximum atomic E-state index is 11.8. The van der Waals surface area contributed by atoms with Gasteiger partial charge in [-0.2, -0.15) is 0 Å². The van der Waals surface area contributed by atoms with Gasteiger partial charge in [-0.05, 0) is 22.4 Å². The molecule has 0 saturated heterocycles. The van der Waals surface area contributed by atoms with E-state index in [-0.39, 0.29) is 12.6 Å². The second kappa shape index (κ2) is 6.21. The van der Waals surface area contributed by atoms with Gasteiger partial charge in [0.05, 0.1) is 11.7 Å². The number of ether oxygens (including phenoxy) is 1. The zero-order valence-electron chi connectivity index (χ0n) is 8.74. The van der Waals surface area contributed by atoms with E-state index in [1.165, 1.54) is 0 Å². The van der Waals surface area contributed by atoms with E-state index in [1.807, 2.05) is 0 Å². The highest BCUT2D eigenvalue weighted by atomic mass is 79.9. The molecule has 1 aromatic rings. The Morgan fingerprint density at radius 3 is 2.75 bits per heavy atom. The van der Waals surface area contributed by atoms with Gasteiger partial charge in [0.1, 0.15) is 6.61 Å². The number of rotatable bonds is 6. The normalized spacial score (nSPS) is 13.4. The molecule has 16 heavy (non-hydrogen) atoms. The molecule has 0 bridgehead atoms. The lowest BCUT2D eigenvalue weighted by Gasteiger charge is -2.11. The van der Waals surface area contributed by atoms with Crippen molar-refractivity contribution in [2.75, 3.05) is 13.2 Å². The summed E-state index contributed by atoms with van der Waals surface area (Å²) in [7, 11) is 1.72. The summed E-state index contributed by atoms with van der Waals surface area (Å²) in [6, 6.07) is -0.341. The third-order valence-electron chi connectivity index (χ3n) is 1.99. The maximum absolute atomic E-state index is 11.8. The molecule has 0 saturated carbocycles. The average Bonchev–Trinajstić information content (AvgIpc) is 2.53. The van der Waals surface area contributed by atoms with Crippen molar-refractivity contribution in [2.45, 2.75) is 18.9 Å². The van der Waals surface area contributed by atoms with Gasteiger partial charge in [-0.3, -0.25) is 0 Å². The first kappa shape index (κ1) is 13.5. The van der Waals surface area contributed by atoms with Crippen molar-refractivity contribution in [1.82, 2.24) is 15.0 Å². The second-order valence-electron chi connectivity index (χ2n) is 3.25. The Hall–Kier alpha value is -0.600. The molecule has 1 unspecified atom stereocenters. The third-order valence-corrected chi connectivity index (χ3v) is 2.56. The minimum Gasteiger partial charge on any atom is -0.375 e. The van der Waals surface area contributed by atoms with Gasteiger partial charge in [-0.25, -0.2) is 13.5 Å². The predicted octanol–water partition coefficient (Wildman–Crippen LogP) is 1.25. The highest BCUT2D eigenvalue weighted by molar-refractivity contribution is 9.10. The molecule has 1 heterocycles. The number of alkyl halides is 2. The SMILES string of the molecule is Cn1nnc(Br)c1C(N)CCOCC(F)F. The molecule has 2 N–H and O–H groups in total. The first-order valence-corrected chi connectivity index (χ1v) is 5.48. The van der Waals surface area contributed by atoms with E-state index in [1.54, 1.807) is 11.7 Å². The fourth-order valence-corrected chi connectivity index (χ4v) is 1.87. The summed E-state index contributed by atoms with van der Waals surface area (Å²) in [5, 5.41) is 7.56. The summed E-state index contributed by atoms with van der Waals surface area (Å²) in [6.45, 7) is -0.374. The van der Waals surface area contributed by atoms with Gasteiger partial charge in [0, 0.05) is 13.7 Å². The van der Waals surface area contributed by atoms with Gasteiger partial charge in [-0.15, -0.1) is 5.10 Å². The summed E-state index contributed by atoms with van der Waals surface area (Å²) in [5.41, 5.74) is 6.58. The van der Waals surface area contributed by atoms with E-state index in [4.69, 9.17) is 10.5 Å². The number of aryl methyl sites for hydroxylation is 1.